The second-order valence-corrected chi connectivity index (χ2v) is 3.02. The molecule has 1 aromatic carbocycles. The molecule has 0 amide bonds. The predicted molar refractivity (Wildman–Crippen MR) is 47.1 cm³/mol. The lowest BCUT2D eigenvalue weighted by molar-refractivity contribution is 0.408. The monoisotopic (exact) mass is 216 g/mol. The van der Waals surface area contributed by atoms with E-state index in [1.165, 1.54) is 0 Å². The molecule has 60 valence electrons. The number of phenols is 1. The molecular formula is C8H9BrO2. The van der Waals surface area contributed by atoms with E-state index in [0.29, 0.717) is 4.47 Å². The largest absolute Gasteiger partial charge is 0.507 e. The number of hydrogen-bond acceptors (Lipinski definition) is 2. The first-order valence-electron chi connectivity index (χ1n) is 3.19. The minimum absolute atomic E-state index is 0.239. The molecule has 0 spiro atoms. The van der Waals surface area contributed by atoms with Gasteiger partial charge in [0.25, 0.3) is 0 Å². The lowest BCUT2D eigenvalue weighted by Gasteiger charge is -2.06. The van der Waals surface area contributed by atoms with Gasteiger partial charge in [-0.2, -0.15) is 0 Å². The Labute approximate surface area is 73.9 Å². The Balaban J connectivity index is 3.25. The molecule has 0 saturated heterocycles. The molecule has 1 N–H and O–H groups in total. The third kappa shape index (κ3) is 1.48. The number of aromatic hydroxyl groups is 1. The Morgan fingerprint density at radius 2 is 2.09 bits per heavy atom. The number of rotatable bonds is 1. The zero-order valence-electron chi connectivity index (χ0n) is 6.39. The molecule has 0 bridgehead atoms. The summed E-state index contributed by atoms with van der Waals surface area (Å²) in [5.41, 5.74) is 0.910. The number of benzene rings is 1. The molecule has 0 fully saturated rings. The summed E-state index contributed by atoms with van der Waals surface area (Å²) in [6.07, 6.45) is 0. The van der Waals surface area contributed by atoms with Crippen LogP contribution in [-0.2, 0) is 0 Å². The molecule has 0 heterocycles. The number of ether oxygens (including phenoxy) is 1. The van der Waals surface area contributed by atoms with Gasteiger partial charge in [-0.3, -0.25) is 0 Å². The van der Waals surface area contributed by atoms with E-state index in [1.807, 2.05) is 6.92 Å². The Kier molecular flexibility index (Phi) is 2.39. The number of halogens is 1. The van der Waals surface area contributed by atoms with Crippen molar-refractivity contribution in [1.82, 2.24) is 0 Å². The summed E-state index contributed by atoms with van der Waals surface area (Å²) >= 11 is 3.24. The van der Waals surface area contributed by atoms with Gasteiger partial charge in [0.15, 0.2) is 0 Å². The summed E-state index contributed by atoms with van der Waals surface area (Å²) in [6.45, 7) is 1.88. The Hall–Kier alpha value is -0.700. The fourth-order valence-corrected chi connectivity index (χ4v) is 1.20. The van der Waals surface area contributed by atoms with Crippen molar-refractivity contribution in [1.29, 1.82) is 0 Å². The van der Waals surface area contributed by atoms with Crippen LogP contribution in [0.1, 0.15) is 5.56 Å². The molecule has 1 rings (SSSR count). The van der Waals surface area contributed by atoms with Gasteiger partial charge in [0.1, 0.15) is 11.5 Å². The molecule has 3 heteroatoms. The van der Waals surface area contributed by atoms with Crippen LogP contribution in [-0.4, -0.2) is 12.2 Å². The molecule has 0 atom stereocenters. The van der Waals surface area contributed by atoms with Crippen molar-refractivity contribution in [2.75, 3.05) is 7.11 Å². The second kappa shape index (κ2) is 3.13. The molecule has 2 nitrogen and oxygen atoms in total. The van der Waals surface area contributed by atoms with E-state index in [9.17, 15) is 5.11 Å². The molecule has 0 aliphatic rings. The highest BCUT2D eigenvalue weighted by molar-refractivity contribution is 9.10. The van der Waals surface area contributed by atoms with Gasteiger partial charge in [0.2, 0.25) is 0 Å². The van der Waals surface area contributed by atoms with Gasteiger partial charge in [-0.15, -0.1) is 0 Å². The van der Waals surface area contributed by atoms with Crippen LogP contribution in [0.15, 0.2) is 16.6 Å². The van der Waals surface area contributed by atoms with Crippen molar-refractivity contribution in [3.05, 3.63) is 22.2 Å². The third-order valence-corrected chi connectivity index (χ3v) is 2.54. The molecule has 0 aliphatic carbocycles. The fraction of sp³-hybridized carbons (Fsp3) is 0.250. The maximum absolute atomic E-state index is 9.22. The smallest absolute Gasteiger partial charge is 0.130 e. The molecule has 0 radical (unpaired) electrons. The predicted octanol–water partition coefficient (Wildman–Crippen LogP) is 2.47. The molecule has 0 unspecified atom stereocenters. The maximum Gasteiger partial charge on any atom is 0.130 e. The van der Waals surface area contributed by atoms with Gasteiger partial charge in [0.05, 0.1) is 11.6 Å². The molecule has 0 aliphatic heterocycles. The van der Waals surface area contributed by atoms with E-state index in [1.54, 1.807) is 19.2 Å². The minimum atomic E-state index is 0.239. The summed E-state index contributed by atoms with van der Waals surface area (Å²) < 4.78 is 5.73. The summed E-state index contributed by atoms with van der Waals surface area (Å²) in [5.74, 6) is 1.01. The van der Waals surface area contributed by atoms with Gasteiger partial charge in [-0.05, 0) is 35.0 Å². The topological polar surface area (TPSA) is 29.5 Å². The first-order chi connectivity index (χ1) is 5.16. The number of methoxy groups -OCH3 is 1. The lowest BCUT2D eigenvalue weighted by Crippen LogP contribution is -1.87. The van der Waals surface area contributed by atoms with Crippen LogP contribution in [0.4, 0.5) is 0 Å². The highest BCUT2D eigenvalue weighted by Crippen LogP contribution is 2.32. The quantitative estimate of drug-likeness (QED) is 0.782. The van der Waals surface area contributed by atoms with Crippen molar-refractivity contribution < 1.29 is 9.84 Å². The molecule has 0 aromatic heterocycles. The molecule has 11 heavy (non-hydrogen) atoms. The average molecular weight is 217 g/mol. The Bertz CT molecular complexity index is 271. The van der Waals surface area contributed by atoms with Crippen LogP contribution in [0, 0.1) is 6.92 Å². The Morgan fingerprint density at radius 1 is 1.45 bits per heavy atom. The van der Waals surface area contributed by atoms with E-state index in [2.05, 4.69) is 15.9 Å². The van der Waals surface area contributed by atoms with Crippen LogP contribution < -0.4 is 4.74 Å². The maximum atomic E-state index is 9.22. The zero-order chi connectivity index (χ0) is 8.43. The van der Waals surface area contributed by atoms with Crippen LogP contribution in [0.5, 0.6) is 11.5 Å². The van der Waals surface area contributed by atoms with Gasteiger partial charge < -0.3 is 9.84 Å². The lowest BCUT2D eigenvalue weighted by atomic mass is 10.2. The minimum Gasteiger partial charge on any atom is -0.507 e. The number of hydrogen-bond donors (Lipinski definition) is 1. The molecule has 0 saturated carbocycles. The summed E-state index contributed by atoms with van der Waals surface area (Å²) in [4.78, 5) is 0. The molecule has 1 aromatic rings. The van der Waals surface area contributed by atoms with Crippen LogP contribution >= 0.6 is 15.9 Å². The average Bonchev–Trinajstić information content (AvgIpc) is 2.01. The van der Waals surface area contributed by atoms with Gasteiger partial charge in [-0.1, -0.05) is 0 Å². The van der Waals surface area contributed by atoms with Crippen molar-refractivity contribution in [3.63, 3.8) is 0 Å². The number of phenolic OH excluding ortho intramolecular Hbond substituents is 1. The van der Waals surface area contributed by atoms with Gasteiger partial charge in [-0.25, -0.2) is 0 Å². The van der Waals surface area contributed by atoms with Crippen LogP contribution in [0.3, 0.4) is 0 Å². The normalized spacial score (nSPS) is 9.73. The standard InChI is InChI=1S/C8H9BrO2/c1-5-7(11-2)4-3-6(10)8(5)9/h3-4,10H,1-2H3. The van der Waals surface area contributed by atoms with Crippen molar-refractivity contribution in [3.8, 4) is 11.5 Å². The van der Waals surface area contributed by atoms with Crippen molar-refractivity contribution in [2.24, 2.45) is 0 Å². The SMILES string of the molecule is COc1ccc(O)c(Br)c1C. The fourth-order valence-electron chi connectivity index (χ4n) is 0.874. The Morgan fingerprint density at radius 3 is 2.64 bits per heavy atom. The first-order valence-corrected chi connectivity index (χ1v) is 3.98. The van der Waals surface area contributed by atoms with E-state index in [0.717, 1.165) is 11.3 Å². The second-order valence-electron chi connectivity index (χ2n) is 2.23. The summed E-state index contributed by atoms with van der Waals surface area (Å²) in [5, 5.41) is 9.22. The zero-order valence-corrected chi connectivity index (χ0v) is 7.97. The highest BCUT2D eigenvalue weighted by atomic mass is 79.9. The van der Waals surface area contributed by atoms with E-state index < -0.39 is 0 Å². The third-order valence-electron chi connectivity index (χ3n) is 1.54. The van der Waals surface area contributed by atoms with E-state index >= 15 is 0 Å². The highest BCUT2D eigenvalue weighted by Gasteiger charge is 2.05. The van der Waals surface area contributed by atoms with E-state index in [4.69, 9.17) is 4.74 Å². The van der Waals surface area contributed by atoms with Crippen LogP contribution in [0.25, 0.3) is 0 Å². The first kappa shape index (κ1) is 8.40. The van der Waals surface area contributed by atoms with Crippen LogP contribution in [0.2, 0.25) is 0 Å². The summed E-state index contributed by atoms with van der Waals surface area (Å²) in [6, 6.07) is 3.32. The van der Waals surface area contributed by atoms with Crippen molar-refractivity contribution in [2.45, 2.75) is 6.92 Å². The molecular weight excluding hydrogens is 208 g/mol. The van der Waals surface area contributed by atoms with Crippen molar-refractivity contribution >= 4 is 15.9 Å². The van der Waals surface area contributed by atoms with Gasteiger partial charge in [0, 0.05) is 5.56 Å². The summed E-state index contributed by atoms with van der Waals surface area (Å²) in [7, 11) is 1.60. The van der Waals surface area contributed by atoms with E-state index in [-0.39, 0.29) is 5.75 Å². The van der Waals surface area contributed by atoms with Gasteiger partial charge >= 0.3 is 0 Å².